The Balaban J connectivity index is 1.88. The van der Waals surface area contributed by atoms with Crippen molar-refractivity contribution in [3.63, 3.8) is 0 Å². The highest BCUT2D eigenvalue weighted by Crippen LogP contribution is 2.37. The van der Waals surface area contributed by atoms with Crippen LogP contribution in [0, 0.1) is 0 Å². The molecule has 3 rings (SSSR count). The molecule has 0 spiro atoms. The van der Waals surface area contributed by atoms with Gasteiger partial charge < -0.3 is 10.1 Å². The van der Waals surface area contributed by atoms with E-state index in [0.717, 1.165) is 26.8 Å². The lowest BCUT2D eigenvalue weighted by atomic mass is 10.3. The average molecular weight is 306 g/mol. The topological polar surface area (TPSA) is 47.0 Å². The summed E-state index contributed by atoms with van der Waals surface area (Å²) >= 11 is 7.70. The number of ether oxygens (including phenoxy) is 1. The third-order valence-corrected chi connectivity index (χ3v) is 4.30. The van der Waals surface area contributed by atoms with E-state index >= 15 is 0 Å². The van der Waals surface area contributed by atoms with E-state index < -0.39 is 0 Å². The number of pyridine rings is 1. The van der Waals surface area contributed by atoms with Crippen molar-refractivity contribution in [1.29, 1.82) is 0 Å². The SMILES string of the molecule is COc1ccc(Cl)c2sc(NCc3ccccn3)nc12. The van der Waals surface area contributed by atoms with E-state index in [1.807, 2.05) is 30.3 Å². The van der Waals surface area contributed by atoms with Gasteiger partial charge in [0.2, 0.25) is 0 Å². The third-order valence-electron chi connectivity index (χ3n) is 2.83. The molecule has 0 aliphatic rings. The Morgan fingerprint density at radius 3 is 2.95 bits per heavy atom. The largest absolute Gasteiger partial charge is 0.494 e. The van der Waals surface area contributed by atoms with E-state index in [1.54, 1.807) is 13.3 Å². The molecule has 0 atom stereocenters. The maximum atomic E-state index is 6.19. The van der Waals surface area contributed by atoms with Crippen LogP contribution in [0.5, 0.6) is 5.75 Å². The summed E-state index contributed by atoms with van der Waals surface area (Å²) in [5, 5.41) is 4.75. The fourth-order valence-corrected chi connectivity index (χ4v) is 3.01. The highest BCUT2D eigenvalue weighted by molar-refractivity contribution is 7.22. The Morgan fingerprint density at radius 1 is 1.30 bits per heavy atom. The number of aromatic nitrogens is 2. The molecule has 0 fully saturated rings. The summed E-state index contributed by atoms with van der Waals surface area (Å²) in [6, 6.07) is 9.47. The molecule has 0 saturated heterocycles. The van der Waals surface area contributed by atoms with Gasteiger partial charge in [-0.1, -0.05) is 29.0 Å². The highest BCUT2D eigenvalue weighted by Gasteiger charge is 2.11. The van der Waals surface area contributed by atoms with Gasteiger partial charge in [0.05, 0.1) is 29.1 Å². The summed E-state index contributed by atoms with van der Waals surface area (Å²) in [4.78, 5) is 8.79. The number of benzene rings is 1. The van der Waals surface area contributed by atoms with Crippen LogP contribution < -0.4 is 10.1 Å². The van der Waals surface area contributed by atoms with Crippen LogP contribution >= 0.6 is 22.9 Å². The van der Waals surface area contributed by atoms with Crippen LogP contribution in [0.3, 0.4) is 0 Å². The van der Waals surface area contributed by atoms with Crippen molar-refractivity contribution in [1.82, 2.24) is 9.97 Å². The van der Waals surface area contributed by atoms with Gasteiger partial charge in [-0.05, 0) is 24.3 Å². The zero-order chi connectivity index (χ0) is 13.9. The van der Waals surface area contributed by atoms with Gasteiger partial charge >= 0.3 is 0 Å². The number of methoxy groups -OCH3 is 1. The minimum Gasteiger partial charge on any atom is -0.494 e. The van der Waals surface area contributed by atoms with Crippen LogP contribution in [0.2, 0.25) is 5.02 Å². The number of thiazole rings is 1. The van der Waals surface area contributed by atoms with Crippen LogP contribution in [-0.4, -0.2) is 17.1 Å². The van der Waals surface area contributed by atoms with Gasteiger partial charge in [-0.15, -0.1) is 0 Å². The number of nitrogens with zero attached hydrogens (tertiary/aromatic N) is 2. The fourth-order valence-electron chi connectivity index (χ4n) is 1.86. The van der Waals surface area contributed by atoms with Crippen LogP contribution in [-0.2, 0) is 6.54 Å². The van der Waals surface area contributed by atoms with E-state index in [4.69, 9.17) is 16.3 Å². The van der Waals surface area contributed by atoms with Gasteiger partial charge in [-0.2, -0.15) is 0 Å². The molecule has 0 bridgehead atoms. The zero-order valence-electron chi connectivity index (χ0n) is 10.8. The second-order valence-corrected chi connectivity index (χ2v) is 5.53. The molecule has 1 N–H and O–H groups in total. The first-order chi connectivity index (χ1) is 9.78. The van der Waals surface area contributed by atoms with Gasteiger partial charge in [0, 0.05) is 6.20 Å². The number of hydrogen-bond acceptors (Lipinski definition) is 5. The molecule has 4 nitrogen and oxygen atoms in total. The maximum Gasteiger partial charge on any atom is 0.184 e. The highest BCUT2D eigenvalue weighted by atomic mass is 35.5. The minimum absolute atomic E-state index is 0.626. The Morgan fingerprint density at radius 2 is 2.20 bits per heavy atom. The van der Waals surface area contributed by atoms with Crippen molar-refractivity contribution in [3.8, 4) is 5.75 Å². The molecule has 0 saturated carbocycles. The van der Waals surface area contributed by atoms with Crippen molar-refractivity contribution in [2.24, 2.45) is 0 Å². The molecule has 1 aromatic carbocycles. The standard InChI is InChI=1S/C14H12ClN3OS/c1-19-11-6-5-10(15)13-12(11)18-14(20-13)17-8-9-4-2-3-7-16-9/h2-7H,8H2,1H3,(H,17,18). The molecule has 0 radical (unpaired) electrons. The van der Waals surface area contributed by atoms with E-state index in [2.05, 4.69) is 15.3 Å². The van der Waals surface area contributed by atoms with E-state index in [0.29, 0.717) is 11.6 Å². The summed E-state index contributed by atoms with van der Waals surface area (Å²) in [6.45, 7) is 0.626. The zero-order valence-corrected chi connectivity index (χ0v) is 12.3. The number of anilines is 1. The van der Waals surface area contributed by atoms with Crippen molar-refractivity contribution in [2.45, 2.75) is 6.54 Å². The maximum absolute atomic E-state index is 6.19. The normalized spacial score (nSPS) is 10.7. The monoisotopic (exact) mass is 305 g/mol. The van der Waals surface area contributed by atoms with Crippen LogP contribution in [0.4, 0.5) is 5.13 Å². The van der Waals surface area contributed by atoms with Crippen LogP contribution in [0.25, 0.3) is 10.2 Å². The van der Waals surface area contributed by atoms with E-state index in [1.165, 1.54) is 11.3 Å². The van der Waals surface area contributed by atoms with Crippen molar-refractivity contribution in [2.75, 3.05) is 12.4 Å². The quantitative estimate of drug-likeness (QED) is 0.792. The first-order valence-electron chi connectivity index (χ1n) is 6.05. The molecular weight excluding hydrogens is 294 g/mol. The Labute approximate surface area is 125 Å². The van der Waals surface area contributed by atoms with Gasteiger partial charge in [-0.3, -0.25) is 4.98 Å². The fraction of sp³-hybridized carbons (Fsp3) is 0.143. The molecule has 0 aliphatic carbocycles. The summed E-state index contributed by atoms with van der Waals surface area (Å²) in [5.74, 6) is 0.728. The molecule has 102 valence electrons. The molecule has 0 aliphatic heterocycles. The number of rotatable bonds is 4. The van der Waals surface area contributed by atoms with E-state index in [9.17, 15) is 0 Å². The summed E-state index contributed by atoms with van der Waals surface area (Å²) < 4.78 is 6.23. The number of fused-ring (bicyclic) bond motifs is 1. The molecule has 3 aromatic rings. The van der Waals surface area contributed by atoms with Gasteiger partial charge in [-0.25, -0.2) is 4.98 Å². The average Bonchev–Trinajstić information content (AvgIpc) is 2.92. The molecule has 2 aromatic heterocycles. The van der Waals surface area contributed by atoms with Gasteiger partial charge in [0.1, 0.15) is 11.3 Å². The minimum atomic E-state index is 0.626. The predicted octanol–water partition coefficient (Wildman–Crippen LogP) is 3.97. The summed E-state index contributed by atoms with van der Waals surface area (Å²) in [6.07, 6.45) is 1.77. The van der Waals surface area contributed by atoms with Crippen molar-refractivity contribution in [3.05, 3.63) is 47.2 Å². The molecule has 2 heterocycles. The Kier molecular flexibility index (Phi) is 3.71. The molecule has 6 heteroatoms. The second-order valence-electron chi connectivity index (χ2n) is 4.12. The Bertz CT molecular complexity index is 730. The first-order valence-corrected chi connectivity index (χ1v) is 7.24. The number of halogens is 1. The van der Waals surface area contributed by atoms with Gasteiger partial charge in [0.15, 0.2) is 5.13 Å². The molecule has 20 heavy (non-hydrogen) atoms. The van der Waals surface area contributed by atoms with E-state index in [-0.39, 0.29) is 0 Å². The lowest BCUT2D eigenvalue weighted by Gasteiger charge is -2.01. The van der Waals surface area contributed by atoms with Crippen LogP contribution in [0.1, 0.15) is 5.69 Å². The lowest BCUT2D eigenvalue weighted by molar-refractivity contribution is 0.419. The third kappa shape index (κ3) is 2.55. The molecule has 0 amide bonds. The van der Waals surface area contributed by atoms with Gasteiger partial charge in [0.25, 0.3) is 0 Å². The second kappa shape index (κ2) is 5.64. The van der Waals surface area contributed by atoms with Crippen molar-refractivity contribution >= 4 is 38.3 Å². The smallest absolute Gasteiger partial charge is 0.184 e. The molecule has 0 unspecified atom stereocenters. The van der Waals surface area contributed by atoms with Crippen LogP contribution in [0.15, 0.2) is 36.5 Å². The number of hydrogen-bond donors (Lipinski definition) is 1. The Hall–Kier alpha value is -1.85. The predicted molar refractivity (Wildman–Crippen MR) is 82.7 cm³/mol. The molecular formula is C14H12ClN3OS. The summed E-state index contributed by atoms with van der Waals surface area (Å²) in [5.41, 5.74) is 1.75. The first kappa shape index (κ1) is 13.1. The summed E-state index contributed by atoms with van der Waals surface area (Å²) in [7, 11) is 1.63. The lowest BCUT2D eigenvalue weighted by Crippen LogP contribution is -2.00. The van der Waals surface area contributed by atoms with Crippen molar-refractivity contribution < 1.29 is 4.74 Å². The number of nitrogens with one attached hydrogen (secondary N) is 1.